The van der Waals surface area contributed by atoms with Gasteiger partial charge in [0.2, 0.25) is 0 Å². The number of pyridine rings is 1. The van der Waals surface area contributed by atoms with Crippen molar-refractivity contribution in [1.29, 1.82) is 0 Å². The summed E-state index contributed by atoms with van der Waals surface area (Å²) in [7, 11) is 0. The summed E-state index contributed by atoms with van der Waals surface area (Å²) in [5, 5.41) is 0. The van der Waals surface area contributed by atoms with Crippen molar-refractivity contribution in [3.05, 3.63) is 106 Å². The zero-order valence-corrected chi connectivity index (χ0v) is 16.9. The van der Waals surface area contributed by atoms with Crippen LogP contribution in [0.1, 0.15) is 39.9 Å². The highest BCUT2D eigenvalue weighted by Gasteiger charge is 2.29. The number of hydrogen-bond donors (Lipinski definition) is 0. The van der Waals surface area contributed by atoms with Crippen LogP contribution in [-0.4, -0.2) is 21.7 Å². The molecule has 1 aliphatic rings. The van der Waals surface area contributed by atoms with Gasteiger partial charge in [0.1, 0.15) is 0 Å². The van der Waals surface area contributed by atoms with Gasteiger partial charge in [0, 0.05) is 43.5 Å². The van der Waals surface area contributed by atoms with Crippen molar-refractivity contribution < 1.29 is 13.6 Å². The Morgan fingerprint density at radius 2 is 1.68 bits per heavy atom. The molecule has 0 bridgehead atoms. The van der Waals surface area contributed by atoms with E-state index in [1.54, 1.807) is 42.7 Å². The Morgan fingerprint density at radius 3 is 2.35 bits per heavy atom. The van der Waals surface area contributed by atoms with E-state index < -0.39 is 11.6 Å². The number of aromatic nitrogens is 1. The first kappa shape index (κ1) is 20.8. The van der Waals surface area contributed by atoms with Crippen LogP contribution in [0.5, 0.6) is 0 Å². The predicted molar refractivity (Wildman–Crippen MR) is 114 cm³/mol. The van der Waals surface area contributed by atoms with E-state index in [4.69, 9.17) is 6.57 Å². The van der Waals surface area contributed by atoms with Crippen molar-refractivity contribution in [1.82, 2.24) is 9.88 Å². The largest absolute Gasteiger partial charge is 0.294 e. The quantitative estimate of drug-likeness (QED) is 0.359. The average molecular weight is 417 g/mol. The molecule has 4 rings (SSSR count). The molecule has 1 heterocycles. The standard InChI is InChI=1S/C25H21F2N3O/c1-28-21-5-2-17(3-6-21)12-25(31)20-10-19(13-29-14-20)16-30(22-7-8-22)15-18-4-9-23(26)24(27)11-18/h2-6,9-11,13-14,22H,7-8,12,15-16H2. The van der Waals surface area contributed by atoms with Crippen LogP contribution in [0.3, 0.4) is 0 Å². The molecule has 0 saturated heterocycles. The number of ketones is 1. The molecule has 0 aliphatic heterocycles. The highest BCUT2D eigenvalue weighted by atomic mass is 19.2. The fourth-order valence-corrected chi connectivity index (χ4v) is 3.56. The fraction of sp³-hybridized carbons (Fsp3) is 0.240. The van der Waals surface area contributed by atoms with E-state index >= 15 is 0 Å². The third kappa shape index (κ3) is 5.39. The molecular weight excluding hydrogens is 396 g/mol. The van der Waals surface area contributed by atoms with Crippen molar-refractivity contribution >= 4 is 11.5 Å². The number of hydrogen-bond acceptors (Lipinski definition) is 3. The number of benzene rings is 2. The third-order valence-electron chi connectivity index (χ3n) is 5.37. The summed E-state index contributed by atoms with van der Waals surface area (Å²) >= 11 is 0. The summed E-state index contributed by atoms with van der Waals surface area (Å²) in [4.78, 5) is 22.5. The van der Waals surface area contributed by atoms with E-state index in [9.17, 15) is 13.6 Å². The summed E-state index contributed by atoms with van der Waals surface area (Å²) in [6.45, 7) is 8.09. The van der Waals surface area contributed by atoms with Crippen molar-refractivity contribution in [2.45, 2.75) is 38.4 Å². The summed E-state index contributed by atoms with van der Waals surface area (Å²) in [6.07, 6.45) is 5.68. The number of carbonyl (C=O) groups is 1. The lowest BCUT2D eigenvalue weighted by molar-refractivity contribution is 0.0992. The maximum Gasteiger partial charge on any atom is 0.187 e. The van der Waals surface area contributed by atoms with Crippen molar-refractivity contribution in [2.75, 3.05) is 0 Å². The van der Waals surface area contributed by atoms with Crippen LogP contribution < -0.4 is 0 Å². The maximum atomic E-state index is 13.6. The Bertz CT molecular complexity index is 1130. The van der Waals surface area contributed by atoms with Crippen LogP contribution in [0.4, 0.5) is 14.5 Å². The Kier molecular flexibility index (Phi) is 6.15. The van der Waals surface area contributed by atoms with Crippen LogP contribution in [0.2, 0.25) is 0 Å². The summed E-state index contributed by atoms with van der Waals surface area (Å²) < 4.78 is 26.8. The molecule has 3 aromatic rings. The lowest BCUT2D eigenvalue weighted by Gasteiger charge is -2.22. The molecule has 31 heavy (non-hydrogen) atoms. The molecule has 156 valence electrons. The summed E-state index contributed by atoms with van der Waals surface area (Å²) in [5.74, 6) is -1.73. The fourth-order valence-electron chi connectivity index (χ4n) is 3.56. The molecule has 4 nitrogen and oxygen atoms in total. The number of halogens is 2. The maximum absolute atomic E-state index is 13.6. The van der Waals surface area contributed by atoms with Gasteiger partial charge in [0.05, 0.1) is 6.57 Å². The second kappa shape index (κ2) is 9.15. The Balaban J connectivity index is 1.45. The van der Waals surface area contributed by atoms with Gasteiger partial charge < -0.3 is 0 Å². The van der Waals surface area contributed by atoms with Crippen molar-refractivity contribution in [3.8, 4) is 0 Å². The third-order valence-corrected chi connectivity index (χ3v) is 5.37. The predicted octanol–water partition coefficient (Wildman–Crippen LogP) is 5.50. The molecule has 2 aromatic carbocycles. The average Bonchev–Trinajstić information content (AvgIpc) is 3.62. The molecule has 1 saturated carbocycles. The highest BCUT2D eigenvalue weighted by Crippen LogP contribution is 2.30. The number of rotatable bonds is 8. The first-order valence-corrected chi connectivity index (χ1v) is 10.1. The van der Waals surface area contributed by atoms with Gasteiger partial charge >= 0.3 is 0 Å². The second-order valence-electron chi connectivity index (χ2n) is 7.84. The topological polar surface area (TPSA) is 37.6 Å². The molecule has 0 N–H and O–H groups in total. The Morgan fingerprint density at radius 1 is 0.968 bits per heavy atom. The SMILES string of the molecule is [C-]#[N+]c1ccc(CC(=O)c2cncc(CN(Cc3ccc(F)c(F)c3)C3CC3)c2)cc1. The van der Waals surface area contributed by atoms with Crippen LogP contribution in [0, 0.1) is 18.2 Å². The Hall–Kier alpha value is -3.43. The zero-order valence-electron chi connectivity index (χ0n) is 16.9. The van der Waals surface area contributed by atoms with E-state index in [2.05, 4.69) is 14.7 Å². The monoisotopic (exact) mass is 417 g/mol. The molecule has 1 aliphatic carbocycles. The first-order chi connectivity index (χ1) is 15.0. The van der Waals surface area contributed by atoms with Gasteiger partial charge in [-0.15, -0.1) is 0 Å². The normalized spacial score (nSPS) is 13.2. The molecule has 6 heteroatoms. The zero-order chi connectivity index (χ0) is 21.8. The molecule has 1 aromatic heterocycles. The van der Waals surface area contributed by atoms with Gasteiger partial charge in [-0.3, -0.25) is 14.7 Å². The smallest absolute Gasteiger partial charge is 0.187 e. The van der Waals surface area contributed by atoms with Gasteiger partial charge in [-0.2, -0.15) is 0 Å². The van der Waals surface area contributed by atoms with Gasteiger partial charge in [-0.05, 0) is 47.7 Å². The Labute approximate surface area is 180 Å². The number of carbonyl (C=O) groups excluding carboxylic acids is 1. The van der Waals surface area contributed by atoms with Gasteiger partial charge in [-0.25, -0.2) is 13.6 Å². The van der Waals surface area contributed by atoms with Crippen LogP contribution in [-0.2, 0) is 19.5 Å². The van der Waals surface area contributed by atoms with Gasteiger partial charge in [-0.1, -0.05) is 30.3 Å². The minimum Gasteiger partial charge on any atom is -0.294 e. The minimum atomic E-state index is -0.846. The van der Waals surface area contributed by atoms with Crippen LogP contribution in [0.25, 0.3) is 4.85 Å². The lowest BCUT2D eigenvalue weighted by Crippen LogP contribution is -2.25. The van der Waals surface area contributed by atoms with Crippen LogP contribution in [0.15, 0.2) is 60.9 Å². The van der Waals surface area contributed by atoms with E-state index in [1.807, 2.05) is 6.07 Å². The lowest BCUT2D eigenvalue weighted by atomic mass is 10.0. The molecule has 0 spiro atoms. The van der Waals surface area contributed by atoms with Crippen LogP contribution >= 0.6 is 0 Å². The molecule has 0 amide bonds. The first-order valence-electron chi connectivity index (χ1n) is 10.1. The van der Waals surface area contributed by atoms with E-state index in [-0.39, 0.29) is 12.2 Å². The molecule has 0 unspecified atom stereocenters. The van der Waals surface area contributed by atoms with Crippen molar-refractivity contribution in [3.63, 3.8) is 0 Å². The minimum absolute atomic E-state index is 0.0384. The second-order valence-corrected chi connectivity index (χ2v) is 7.84. The summed E-state index contributed by atoms with van der Waals surface area (Å²) in [5.41, 5.74) is 3.55. The van der Waals surface area contributed by atoms with E-state index in [0.717, 1.165) is 30.0 Å². The number of Topliss-reactive ketones (excluding diaryl/α,β-unsaturated/α-hetero) is 1. The molecule has 1 fully saturated rings. The van der Waals surface area contributed by atoms with Gasteiger partial charge in [0.25, 0.3) is 0 Å². The van der Waals surface area contributed by atoms with E-state index in [0.29, 0.717) is 35.9 Å². The number of nitrogens with zero attached hydrogens (tertiary/aromatic N) is 3. The molecule has 0 atom stereocenters. The van der Waals surface area contributed by atoms with Gasteiger partial charge in [0.15, 0.2) is 23.1 Å². The van der Waals surface area contributed by atoms with E-state index in [1.165, 1.54) is 6.07 Å². The molecule has 0 radical (unpaired) electrons. The summed E-state index contributed by atoms with van der Waals surface area (Å²) in [6, 6.07) is 13.2. The van der Waals surface area contributed by atoms with Crippen molar-refractivity contribution in [2.24, 2.45) is 0 Å². The highest BCUT2D eigenvalue weighted by molar-refractivity contribution is 5.97. The molecular formula is C25H21F2N3O.